The fourth-order valence-electron chi connectivity index (χ4n) is 4.79. The number of amides is 5. The largest absolute Gasteiger partial charge is 0.347 e. The van der Waals surface area contributed by atoms with Crippen LogP contribution in [0, 0.1) is 5.41 Å². The van der Waals surface area contributed by atoms with Gasteiger partial charge in [-0.2, -0.15) is 23.5 Å². The average molecular weight is 620 g/mol. The number of nitrogens with zero attached hydrogens (tertiary/aromatic N) is 3. The molecule has 1 saturated carbocycles. The van der Waals surface area contributed by atoms with Crippen molar-refractivity contribution in [1.82, 2.24) is 36.1 Å². The maximum absolute atomic E-state index is 14.1. The predicted octanol–water partition coefficient (Wildman–Crippen LogP) is -0.479. The Hall–Kier alpha value is -3.20. The number of ketones is 1. The Morgan fingerprint density at radius 3 is 2.45 bits per heavy atom. The Balaban J connectivity index is 1.44. The minimum absolute atomic E-state index is 0.0191. The zero-order valence-electron chi connectivity index (χ0n) is 23.9. The highest BCUT2D eigenvalue weighted by Crippen LogP contribution is 2.45. The summed E-state index contributed by atoms with van der Waals surface area (Å²) in [6.45, 7) is 4.87. The maximum Gasteiger partial charge on any atom is 0.289 e. The van der Waals surface area contributed by atoms with Crippen molar-refractivity contribution in [2.75, 3.05) is 36.9 Å². The number of thioether (sulfide) groups is 2. The molecular weight excluding hydrogens is 582 g/mol. The normalized spacial score (nSPS) is 22.6. The van der Waals surface area contributed by atoms with E-state index in [0.717, 1.165) is 30.1 Å². The van der Waals surface area contributed by atoms with Crippen LogP contribution in [0.15, 0.2) is 18.6 Å². The number of carbonyl (C=O) groups excluding carboxylic acids is 6. The zero-order chi connectivity index (χ0) is 30.5. The second-order valence-electron chi connectivity index (χ2n) is 11.8. The molecule has 13 nitrogen and oxygen atoms in total. The summed E-state index contributed by atoms with van der Waals surface area (Å²) in [5.74, 6) is -0.959. The molecule has 0 radical (unpaired) electrons. The van der Waals surface area contributed by atoms with Crippen molar-refractivity contribution in [3.05, 3.63) is 24.3 Å². The molecule has 0 bridgehead atoms. The molecule has 15 heteroatoms. The quantitative estimate of drug-likeness (QED) is 0.250. The average Bonchev–Trinajstić information content (AvgIpc) is 3.71. The monoisotopic (exact) mass is 619 g/mol. The molecule has 4 N–H and O–H groups in total. The Morgan fingerprint density at radius 2 is 1.83 bits per heavy atom. The van der Waals surface area contributed by atoms with Gasteiger partial charge in [-0.15, -0.1) is 0 Å². The van der Waals surface area contributed by atoms with Crippen LogP contribution in [0.5, 0.6) is 0 Å². The number of hydrogen-bond donors (Lipinski definition) is 4. The van der Waals surface area contributed by atoms with Crippen LogP contribution in [0.1, 0.15) is 50.5 Å². The summed E-state index contributed by atoms with van der Waals surface area (Å²) in [6, 6.07) is -1.86. The Morgan fingerprint density at radius 1 is 1.07 bits per heavy atom. The molecule has 1 aliphatic carbocycles. The topological polar surface area (TPSA) is 180 Å². The lowest BCUT2D eigenvalue weighted by Crippen LogP contribution is -2.59. The van der Waals surface area contributed by atoms with E-state index in [4.69, 9.17) is 0 Å². The lowest BCUT2D eigenvalue weighted by molar-refractivity contribution is -0.144. The lowest BCUT2D eigenvalue weighted by atomic mass is 9.85. The van der Waals surface area contributed by atoms with Crippen LogP contribution >= 0.6 is 23.5 Å². The van der Waals surface area contributed by atoms with E-state index in [0.29, 0.717) is 13.0 Å². The number of nitrogens with one attached hydrogen (secondary N) is 4. The van der Waals surface area contributed by atoms with Crippen LogP contribution in [0.2, 0.25) is 0 Å². The third-order valence-electron chi connectivity index (χ3n) is 7.20. The summed E-state index contributed by atoms with van der Waals surface area (Å²) in [7, 11) is 0. The van der Waals surface area contributed by atoms with E-state index in [1.807, 2.05) is 0 Å². The molecule has 3 aliphatic rings. The van der Waals surface area contributed by atoms with E-state index < -0.39 is 59.4 Å². The molecule has 1 spiro atoms. The van der Waals surface area contributed by atoms with Gasteiger partial charge in [-0.1, -0.05) is 20.8 Å². The first-order valence-electron chi connectivity index (χ1n) is 13.9. The smallest absolute Gasteiger partial charge is 0.289 e. The van der Waals surface area contributed by atoms with Gasteiger partial charge in [0.25, 0.3) is 11.8 Å². The third kappa shape index (κ3) is 8.21. The van der Waals surface area contributed by atoms with Crippen molar-refractivity contribution in [2.24, 2.45) is 5.41 Å². The molecule has 3 heterocycles. The molecule has 4 rings (SSSR count). The number of rotatable bonds is 10. The third-order valence-corrected chi connectivity index (χ3v) is 10.4. The molecule has 1 aromatic rings. The van der Waals surface area contributed by atoms with Crippen LogP contribution in [0.3, 0.4) is 0 Å². The molecule has 5 amide bonds. The van der Waals surface area contributed by atoms with E-state index in [2.05, 4.69) is 31.2 Å². The molecule has 2 saturated heterocycles. The Kier molecular flexibility index (Phi) is 10.1. The minimum atomic E-state index is -1.00. The van der Waals surface area contributed by atoms with Crippen LogP contribution in [0.25, 0.3) is 0 Å². The summed E-state index contributed by atoms with van der Waals surface area (Å²) in [5, 5.41) is 10.4. The molecule has 2 aliphatic heterocycles. The van der Waals surface area contributed by atoms with Crippen LogP contribution in [0.4, 0.5) is 0 Å². The van der Waals surface area contributed by atoms with Gasteiger partial charge in [0, 0.05) is 47.0 Å². The Bertz CT molecular complexity index is 1220. The molecule has 3 atom stereocenters. The van der Waals surface area contributed by atoms with Gasteiger partial charge in [-0.25, -0.2) is 4.98 Å². The van der Waals surface area contributed by atoms with Gasteiger partial charge in [0.05, 0.1) is 19.3 Å². The van der Waals surface area contributed by atoms with E-state index in [-0.39, 0.29) is 23.0 Å². The highest BCUT2D eigenvalue weighted by molar-refractivity contribution is 8.07. The van der Waals surface area contributed by atoms with Gasteiger partial charge in [0.2, 0.25) is 23.5 Å². The van der Waals surface area contributed by atoms with Crippen molar-refractivity contribution in [1.29, 1.82) is 0 Å². The van der Waals surface area contributed by atoms with Crippen LogP contribution in [-0.2, 0) is 24.0 Å². The van der Waals surface area contributed by atoms with E-state index >= 15 is 0 Å². The molecule has 228 valence electrons. The first-order valence-corrected chi connectivity index (χ1v) is 16.0. The molecule has 3 fully saturated rings. The molecule has 3 unspecified atom stereocenters. The summed E-state index contributed by atoms with van der Waals surface area (Å²) in [4.78, 5) is 86.3. The van der Waals surface area contributed by atoms with E-state index in [1.54, 1.807) is 44.3 Å². The van der Waals surface area contributed by atoms with Crippen LogP contribution in [-0.4, -0.2) is 110 Å². The van der Waals surface area contributed by atoms with Crippen LogP contribution < -0.4 is 21.3 Å². The van der Waals surface area contributed by atoms with Crippen molar-refractivity contribution in [3.8, 4) is 0 Å². The second kappa shape index (κ2) is 13.4. The fraction of sp³-hybridized carbons (Fsp3) is 0.630. The van der Waals surface area contributed by atoms with Crippen molar-refractivity contribution in [2.45, 2.75) is 62.9 Å². The first kappa shape index (κ1) is 31.7. The van der Waals surface area contributed by atoms with Gasteiger partial charge in [0.15, 0.2) is 0 Å². The number of carbonyl (C=O) groups is 6. The van der Waals surface area contributed by atoms with Gasteiger partial charge >= 0.3 is 0 Å². The molecule has 0 aromatic carbocycles. The summed E-state index contributed by atoms with van der Waals surface area (Å²) < 4.78 is -0.342. The zero-order valence-corrected chi connectivity index (χ0v) is 25.6. The fourth-order valence-corrected chi connectivity index (χ4v) is 7.85. The summed E-state index contributed by atoms with van der Waals surface area (Å²) >= 11 is 3.50. The van der Waals surface area contributed by atoms with E-state index in [9.17, 15) is 28.8 Å². The molecular formula is C27H37N7O6S2. The number of hydrogen-bond acceptors (Lipinski definition) is 10. The highest BCUT2D eigenvalue weighted by Gasteiger charge is 2.52. The minimum Gasteiger partial charge on any atom is -0.347 e. The predicted molar refractivity (Wildman–Crippen MR) is 158 cm³/mol. The molecule has 42 heavy (non-hydrogen) atoms. The van der Waals surface area contributed by atoms with Gasteiger partial charge in [-0.05, 0) is 24.7 Å². The van der Waals surface area contributed by atoms with E-state index in [1.165, 1.54) is 23.5 Å². The number of likely N-dealkylation sites (tertiary alicyclic amines) is 1. The van der Waals surface area contributed by atoms with Gasteiger partial charge in [-0.3, -0.25) is 33.8 Å². The second-order valence-corrected chi connectivity index (χ2v) is 14.5. The Labute approximate surface area is 252 Å². The standard InChI is InChI=1S/C27H37N7O6S2/c1-26(2,3)21(33-20(36)13-31-22(37)17-11-28-6-7-29-17)25(40)34-14-27(15-41-8-9-42-27)10-18(34)23(38)30-12-19(35)24(39)32-16-4-5-16/h6-7,11,16,18,21H,4-5,8-10,12-15H2,1-3H3,(H,30,38)(H,31,37)(H,32,39)(H,33,36). The van der Waals surface area contributed by atoms with Gasteiger partial charge < -0.3 is 26.2 Å². The highest BCUT2D eigenvalue weighted by atomic mass is 32.2. The maximum atomic E-state index is 14.1. The van der Waals surface area contributed by atoms with Gasteiger partial charge in [0.1, 0.15) is 17.8 Å². The van der Waals surface area contributed by atoms with Crippen molar-refractivity contribution >= 4 is 58.8 Å². The summed E-state index contributed by atoms with van der Waals surface area (Å²) in [5.41, 5.74) is -0.680. The molecule has 1 aromatic heterocycles. The SMILES string of the molecule is CC(C)(C)C(NC(=O)CNC(=O)c1cnccn1)C(=O)N1CC2(CSCCS2)CC1C(=O)NCC(=O)C(=O)NC1CC1. The lowest BCUT2D eigenvalue weighted by Gasteiger charge is -2.36. The summed E-state index contributed by atoms with van der Waals surface area (Å²) in [6.07, 6.45) is 6.12. The van der Waals surface area contributed by atoms with Crippen molar-refractivity contribution in [3.63, 3.8) is 0 Å². The number of aromatic nitrogens is 2. The first-order chi connectivity index (χ1) is 19.9. The number of Topliss-reactive ketones (excluding diaryl/α,β-unsaturated/α-hetero) is 1. The van der Waals surface area contributed by atoms with Crippen molar-refractivity contribution < 1.29 is 28.8 Å².